The predicted octanol–water partition coefficient (Wildman–Crippen LogP) is 2.75. The molecule has 0 radical (unpaired) electrons. The standard InChI is InChI=1S/C16H26N2O2/c1-19-10-9-17-8-4-7-15-18-11-14(20-15)16-12-5-2-3-6-13(12)16/h11-13,16-17H,2-10H2,1H3. The van der Waals surface area contributed by atoms with Crippen molar-refractivity contribution in [3.05, 3.63) is 17.8 Å². The van der Waals surface area contributed by atoms with Gasteiger partial charge in [-0.3, -0.25) is 0 Å². The van der Waals surface area contributed by atoms with Gasteiger partial charge in [-0.15, -0.1) is 0 Å². The summed E-state index contributed by atoms with van der Waals surface area (Å²) in [6.45, 7) is 2.68. The van der Waals surface area contributed by atoms with Crippen molar-refractivity contribution >= 4 is 0 Å². The predicted molar refractivity (Wildman–Crippen MR) is 77.8 cm³/mol. The van der Waals surface area contributed by atoms with Gasteiger partial charge in [0.2, 0.25) is 0 Å². The van der Waals surface area contributed by atoms with Gasteiger partial charge in [0.15, 0.2) is 5.89 Å². The highest BCUT2D eigenvalue weighted by Gasteiger charge is 2.53. The lowest BCUT2D eigenvalue weighted by Gasteiger charge is -2.04. The molecule has 1 aromatic rings. The Morgan fingerprint density at radius 1 is 1.30 bits per heavy atom. The summed E-state index contributed by atoms with van der Waals surface area (Å²) in [4.78, 5) is 4.45. The first-order chi connectivity index (χ1) is 9.90. The van der Waals surface area contributed by atoms with Crippen LogP contribution >= 0.6 is 0 Å². The van der Waals surface area contributed by atoms with Crippen LogP contribution in [0, 0.1) is 11.8 Å². The topological polar surface area (TPSA) is 47.3 Å². The maximum atomic E-state index is 5.96. The Morgan fingerprint density at radius 2 is 2.10 bits per heavy atom. The molecular weight excluding hydrogens is 252 g/mol. The number of fused-ring (bicyclic) bond motifs is 1. The number of hydrogen-bond donors (Lipinski definition) is 1. The van der Waals surface area contributed by atoms with Gasteiger partial charge in [0.05, 0.1) is 12.8 Å². The zero-order valence-corrected chi connectivity index (χ0v) is 12.4. The number of aryl methyl sites for hydroxylation is 1. The van der Waals surface area contributed by atoms with Crippen molar-refractivity contribution < 1.29 is 9.15 Å². The van der Waals surface area contributed by atoms with E-state index in [1.54, 1.807) is 7.11 Å². The molecule has 2 fully saturated rings. The number of methoxy groups -OCH3 is 1. The van der Waals surface area contributed by atoms with Crippen molar-refractivity contribution in [1.29, 1.82) is 0 Å². The van der Waals surface area contributed by atoms with Gasteiger partial charge in [0.25, 0.3) is 0 Å². The SMILES string of the molecule is COCCNCCCc1ncc(C2C3CCCCC32)o1. The number of aromatic nitrogens is 1. The normalized spacial score (nSPS) is 28.4. The molecule has 3 rings (SSSR count). The van der Waals surface area contributed by atoms with E-state index in [4.69, 9.17) is 9.15 Å². The summed E-state index contributed by atoms with van der Waals surface area (Å²) in [5, 5.41) is 3.34. The molecule has 112 valence electrons. The van der Waals surface area contributed by atoms with E-state index in [-0.39, 0.29) is 0 Å². The number of hydrogen-bond acceptors (Lipinski definition) is 4. The first-order valence-electron chi connectivity index (χ1n) is 8.04. The molecule has 2 unspecified atom stereocenters. The molecule has 0 bridgehead atoms. The lowest BCUT2D eigenvalue weighted by molar-refractivity contribution is 0.199. The first kappa shape index (κ1) is 14.1. The van der Waals surface area contributed by atoms with E-state index in [0.717, 1.165) is 56.0 Å². The summed E-state index contributed by atoms with van der Waals surface area (Å²) in [7, 11) is 1.73. The molecule has 0 amide bonds. The fourth-order valence-corrected chi connectivity index (χ4v) is 3.67. The van der Waals surface area contributed by atoms with Crippen LogP contribution in [-0.2, 0) is 11.2 Å². The van der Waals surface area contributed by atoms with Crippen molar-refractivity contribution in [2.75, 3.05) is 26.8 Å². The number of oxazole rings is 1. The summed E-state index contributed by atoms with van der Waals surface area (Å²) in [6.07, 6.45) is 9.60. The second-order valence-corrected chi connectivity index (χ2v) is 6.14. The highest BCUT2D eigenvalue weighted by atomic mass is 16.5. The Bertz CT molecular complexity index is 406. The molecule has 1 N–H and O–H groups in total. The van der Waals surface area contributed by atoms with Crippen LogP contribution < -0.4 is 5.32 Å². The highest BCUT2D eigenvalue weighted by Crippen LogP contribution is 2.61. The summed E-state index contributed by atoms with van der Waals surface area (Å²) >= 11 is 0. The third-order valence-electron chi connectivity index (χ3n) is 4.78. The van der Waals surface area contributed by atoms with Crippen LogP contribution in [0.4, 0.5) is 0 Å². The molecule has 2 aliphatic rings. The number of rotatable bonds is 8. The van der Waals surface area contributed by atoms with Crippen molar-refractivity contribution in [2.45, 2.75) is 44.4 Å². The highest BCUT2D eigenvalue weighted by molar-refractivity contribution is 5.18. The van der Waals surface area contributed by atoms with Crippen LogP contribution in [-0.4, -0.2) is 31.8 Å². The Hall–Kier alpha value is -0.870. The fourth-order valence-electron chi connectivity index (χ4n) is 3.67. The summed E-state index contributed by atoms with van der Waals surface area (Å²) in [5.74, 6) is 4.57. The first-order valence-corrected chi connectivity index (χ1v) is 8.04. The fraction of sp³-hybridized carbons (Fsp3) is 0.812. The molecule has 0 aromatic carbocycles. The maximum Gasteiger partial charge on any atom is 0.194 e. The van der Waals surface area contributed by atoms with Gasteiger partial charge in [-0.05, 0) is 37.6 Å². The van der Waals surface area contributed by atoms with Gasteiger partial charge < -0.3 is 14.5 Å². The largest absolute Gasteiger partial charge is 0.445 e. The zero-order valence-electron chi connectivity index (χ0n) is 12.4. The third-order valence-corrected chi connectivity index (χ3v) is 4.78. The Morgan fingerprint density at radius 3 is 2.85 bits per heavy atom. The monoisotopic (exact) mass is 278 g/mol. The average molecular weight is 278 g/mol. The zero-order chi connectivity index (χ0) is 13.8. The van der Waals surface area contributed by atoms with Crippen molar-refractivity contribution in [3.63, 3.8) is 0 Å². The summed E-state index contributed by atoms with van der Waals surface area (Å²) in [5.41, 5.74) is 0. The smallest absolute Gasteiger partial charge is 0.194 e. The molecule has 1 aromatic heterocycles. The number of ether oxygens (including phenoxy) is 1. The molecule has 2 aliphatic carbocycles. The van der Waals surface area contributed by atoms with E-state index < -0.39 is 0 Å². The Balaban J connectivity index is 1.39. The molecule has 4 nitrogen and oxygen atoms in total. The molecule has 0 spiro atoms. The minimum absolute atomic E-state index is 0.693. The third kappa shape index (κ3) is 3.23. The second kappa shape index (κ2) is 6.72. The molecule has 0 aliphatic heterocycles. The van der Waals surface area contributed by atoms with Crippen LogP contribution in [0.15, 0.2) is 10.6 Å². The molecule has 2 atom stereocenters. The van der Waals surface area contributed by atoms with Gasteiger partial charge >= 0.3 is 0 Å². The van der Waals surface area contributed by atoms with Gasteiger partial charge in [0, 0.05) is 26.0 Å². The maximum absolute atomic E-state index is 5.96. The van der Waals surface area contributed by atoms with Gasteiger partial charge in [-0.2, -0.15) is 0 Å². The van der Waals surface area contributed by atoms with Gasteiger partial charge in [-0.25, -0.2) is 4.98 Å². The number of nitrogens with one attached hydrogen (secondary N) is 1. The van der Waals surface area contributed by atoms with Crippen LogP contribution in [0.25, 0.3) is 0 Å². The van der Waals surface area contributed by atoms with Crippen molar-refractivity contribution in [3.8, 4) is 0 Å². The van der Waals surface area contributed by atoms with Crippen LogP contribution in [0.5, 0.6) is 0 Å². The summed E-state index contributed by atoms with van der Waals surface area (Å²) < 4.78 is 11.0. The van der Waals surface area contributed by atoms with Crippen molar-refractivity contribution in [2.24, 2.45) is 11.8 Å². The quantitative estimate of drug-likeness (QED) is 0.743. The second-order valence-electron chi connectivity index (χ2n) is 6.14. The minimum Gasteiger partial charge on any atom is -0.445 e. The van der Waals surface area contributed by atoms with E-state index in [1.165, 1.54) is 25.7 Å². The lowest BCUT2D eigenvalue weighted by Crippen LogP contribution is -2.20. The summed E-state index contributed by atoms with van der Waals surface area (Å²) in [6, 6.07) is 0. The molecule has 2 saturated carbocycles. The molecular formula is C16H26N2O2. The van der Waals surface area contributed by atoms with Crippen LogP contribution in [0.2, 0.25) is 0 Å². The minimum atomic E-state index is 0.693. The van der Waals surface area contributed by atoms with Crippen molar-refractivity contribution in [1.82, 2.24) is 10.3 Å². The molecule has 0 saturated heterocycles. The van der Waals surface area contributed by atoms with E-state index in [2.05, 4.69) is 10.3 Å². The van der Waals surface area contributed by atoms with E-state index >= 15 is 0 Å². The molecule has 20 heavy (non-hydrogen) atoms. The van der Waals surface area contributed by atoms with E-state index in [9.17, 15) is 0 Å². The number of nitrogens with zero attached hydrogens (tertiary/aromatic N) is 1. The van der Waals surface area contributed by atoms with Gasteiger partial charge in [-0.1, -0.05) is 12.8 Å². The molecule has 4 heteroatoms. The van der Waals surface area contributed by atoms with E-state index in [1.807, 2.05) is 6.20 Å². The molecule has 1 heterocycles. The van der Waals surface area contributed by atoms with Gasteiger partial charge in [0.1, 0.15) is 5.76 Å². The van der Waals surface area contributed by atoms with E-state index in [0.29, 0.717) is 5.92 Å². The van der Waals surface area contributed by atoms with Crippen LogP contribution in [0.1, 0.15) is 49.7 Å². The Kier molecular flexibility index (Phi) is 4.73. The van der Waals surface area contributed by atoms with Crippen LogP contribution in [0.3, 0.4) is 0 Å². The Labute approximate surface area is 121 Å². The average Bonchev–Trinajstić information content (AvgIpc) is 3.03. The lowest BCUT2D eigenvalue weighted by atomic mass is 10.0.